The van der Waals surface area contributed by atoms with Crippen LogP contribution < -0.4 is 4.74 Å². The molecular weight excluding hydrogens is 272 g/mol. The Morgan fingerprint density at radius 2 is 2.06 bits per heavy atom. The molecule has 0 unspecified atom stereocenters. The van der Waals surface area contributed by atoms with Crippen molar-refractivity contribution >= 4 is 32.7 Å². The first-order valence-electron chi connectivity index (χ1n) is 4.63. The van der Waals surface area contributed by atoms with E-state index in [0.29, 0.717) is 10.2 Å². The van der Waals surface area contributed by atoms with Crippen molar-refractivity contribution in [2.45, 2.75) is 0 Å². The summed E-state index contributed by atoms with van der Waals surface area (Å²) in [6.45, 7) is 0. The van der Waals surface area contributed by atoms with Crippen LogP contribution in [0.25, 0.3) is 10.8 Å². The number of hydrogen-bond donors (Lipinski definition) is 1. The molecule has 0 aliphatic rings. The number of halogens is 1. The molecule has 0 radical (unpaired) electrons. The molecule has 0 atom stereocenters. The van der Waals surface area contributed by atoms with Gasteiger partial charge in [0.2, 0.25) is 0 Å². The van der Waals surface area contributed by atoms with E-state index in [1.807, 2.05) is 24.3 Å². The van der Waals surface area contributed by atoms with E-state index in [1.165, 1.54) is 7.11 Å². The second kappa shape index (κ2) is 4.14. The van der Waals surface area contributed by atoms with Gasteiger partial charge < -0.3 is 9.84 Å². The van der Waals surface area contributed by atoms with Gasteiger partial charge in [0.1, 0.15) is 11.3 Å². The molecule has 0 aliphatic heterocycles. The molecule has 0 saturated heterocycles. The van der Waals surface area contributed by atoms with Crippen molar-refractivity contribution in [3.63, 3.8) is 0 Å². The molecule has 0 saturated carbocycles. The number of fused-ring (bicyclic) bond motifs is 1. The third-order valence-electron chi connectivity index (χ3n) is 2.38. The quantitative estimate of drug-likeness (QED) is 0.918. The Morgan fingerprint density at radius 3 is 2.69 bits per heavy atom. The van der Waals surface area contributed by atoms with Crippen LogP contribution in [0.5, 0.6) is 5.75 Å². The maximum absolute atomic E-state index is 11.1. The topological polar surface area (TPSA) is 46.5 Å². The number of hydrogen-bond acceptors (Lipinski definition) is 2. The van der Waals surface area contributed by atoms with E-state index < -0.39 is 5.97 Å². The highest BCUT2D eigenvalue weighted by atomic mass is 79.9. The van der Waals surface area contributed by atoms with Crippen LogP contribution in [-0.2, 0) is 0 Å². The smallest absolute Gasteiger partial charge is 0.339 e. The summed E-state index contributed by atoms with van der Waals surface area (Å²) in [5, 5.41) is 10.9. The number of benzene rings is 2. The minimum Gasteiger partial charge on any atom is -0.495 e. The first-order valence-corrected chi connectivity index (χ1v) is 5.43. The number of rotatable bonds is 2. The summed E-state index contributed by atoms with van der Waals surface area (Å²) >= 11 is 3.37. The summed E-state index contributed by atoms with van der Waals surface area (Å²) < 4.78 is 5.79. The normalized spacial score (nSPS) is 10.4. The number of ether oxygens (including phenoxy) is 1. The van der Waals surface area contributed by atoms with Gasteiger partial charge in [-0.3, -0.25) is 0 Å². The Labute approximate surface area is 101 Å². The lowest BCUT2D eigenvalue weighted by Crippen LogP contribution is -2.01. The van der Waals surface area contributed by atoms with Gasteiger partial charge in [0.25, 0.3) is 0 Å². The van der Waals surface area contributed by atoms with Crippen LogP contribution in [0.2, 0.25) is 0 Å². The van der Waals surface area contributed by atoms with Crippen molar-refractivity contribution in [3.8, 4) is 5.75 Å². The molecule has 2 aromatic rings. The zero-order chi connectivity index (χ0) is 11.7. The van der Waals surface area contributed by atoms with E-state index in [-0.39, 0.29) is 5.56 Å². The minimum atomic E-state index is -0.997. The predicted octanol–water partition coefficient (Wildman–Crippen LogP) is 3.31. The molecule has 1 N–H and O–H groups in total. The van der Waals surface area contributed by atoms with E-state index in [1.54, 1.807) is 6.07 Å². The maximum Gasteiger partial charge on any atom is 0.339 e. The van der Waals surface area contributed by atoms with Gasteiger partial charge in [-0.15, -0.1) is 0 Å². The number of carboxylic acids is 1. The van der Waals surface area contributed by atoms with Gasteiger partial charge in [-0.25, -0.2) is 4.79 Å². The Bertz CT molecular complexity index is 563. The fourth-order valence-electron chi connectivity index (χ4n) is 1.64. The highest BCUT2D eigenvalue weighted by Crippen LogP contribution is 2.36. The van der Waals surface area contributed by atoms with Gasteiger partial charge in [0.05, 0.1) is 11.6 Å². The summed E-state index contributed by atoms with van der Waals surface area (Å²) in [6, 6.07) is 9.15. The fourth-order valence-corrected chi connectivity index (χ4v) is 2.38. The molecule has 2 aromatic carbocycles. The largest absolute Gasteiger partial charge is 0.495 e. The Morgan fingerprint density at radius 1 is 1.38 bits per heavy atom. The molecule has 3 nitrogen and oxygen atoms in total. The van der Waals surface area contributed by atoms with Crippen molar-refractivity contribution in [2.24, 2.45) is 0 Å². The van der Waals surface area contributed by atoms with Crippen LogP contribution in [0.3, 0.4) is 0 Å². The molecule has 0 aromatic heterocycles. The summed E-state index contributed by atoms with van der Waals surface area (Å²) in [4.78, 5) is 11.1. The highest BCUT2D eigenvalue weighted by Gasteiger charge is 2.16. The molecule has 0 heterocycles. The molecule has 0 aliphatic carbocycles. The van der Waals surface area contributed by atoms with Gasteiger partial charge in [0, 0.05) is 0 Å². The third-order valence-corrected chi connectivity index (χ3v) is 3.16. The first-order chi connectivity index (χ1) is 7.65. The van der Waals surface area contributed by atoms with Crippen LogP contribution in [0, 0.1) is 0 Å². The van der Waals surface area contributed by atoms with E-state index in [0.717, 1.165) is 10.8 Å². The van der Waals surface area contributed by atoms with Crippen LogP contribution in [0.4, 0.5) is 0 Å². The summed E-state index contributed by atoms with van der Waals surface area (Å²) in [6.07, 6.45) is 0. The lowest BCUT2D eigenvalue weighted by molar-refractivity contribution is 0.0693. The summed E-state index contributed by atoms with van der Waals surface area (Å²) in [7, 11) is 1.46. The van der Waals surface area contributed by atoms with Crippen molar-refractivity contribution in [1.29, 1.82) is 0 Å². The average Bonchev–Trinajstić information content (AvgIpc) is 2.29. The Hall–Kier alpha value is -1.55. The molecule has 4 heteroatoms. The third kappa shape index (κ3) is 1.65. The number of aromatic carboxylic acids is 1. The lowest BCUT2D eigenvalue weighted by Gasteiger charge is -2.10. The van der Waals surface area contributed by atoms with Gasteiger partial charge >= 0.3 is 5.97 Å². The standard InChI is InChI=1S/C12H9BrO3/c1-16-11-9(12(14)15)6-7-4-2-3-5-8(7)10(11)13/h2-6H,1H3,(H,14,15). The van der Waals surface area contributed by atoms with Gasteiger partial charge in [-0.1, -0.05) is 24.3 Å². The van der Waals surface area contributed by atoms with Crippen LogP contribution in [-0.4, -0.2) is 18.2 Å². The lowest BCUT2D eigenvalue weighted by atomic mass is 10.1. The SMILES string of the molecule is COc1c(C(=O)O)cc2ccccc2c1Br. The van der Waals surface area contributed by atoms with Crippen molar-refractivity contribution in [3.05, 3.63) is 40.4 Å². The van der Waals surface area contributed by atoms with Crippen molar-refractivity contribution < 1.29 is 14.6 Å². The number of carboxylic acid groups (broad SMARTS) is 1. The summed E-state index contributed by atoms with van der Waals surface area (Å²) in [5.74, 6) is -0.644. The maximum atomic E-state index is 11.1. The highest BCUT2D eigenvalue weighted by molar-refractivity contribution is 9.10. The molecule has 16 heavy (non-hydrogen) atoms. The Kier molecular flexibility index (Phi) is 2.83. The second-order valence-electron chi connectivity index (χ2n) is 3.30. The number of methoxy groups -OCH3 is 1. The molecule has 2 rings (SSSR count). The van der Waals surface area contributed by atoms with E-state index in [9.17, 15) is 4.79 Å². The molecule has 82 valence electrons. The zero-order valence-corrected chi connectivity index (χ0v) is 10.1. The van der Waals surface area contributed by atoms with E-state index >= 15 is 0 Å². The first kappa shape index (κ1) is 11.0. The van der Waals surface area contributed by atoms with Crippen LogP contribution in [0.1, 0.15) is 10.4 Å². The Balaban J connectivity index is 2.87. The van der Waals surface area contributed by atoms with Gasteiger partial charge in [-0.2, -0.15) is 0 Å². The monoisotopic (exact) mass is 280 g/mol. The predicted molar refractivity (Wildman–Crippen MR) is 65.2 cm³/mol. The van der Waals surface area contributed by atoms with Gasteiger partial charge in [0.15, 0.2) is 0 Å². The molecule has 0 fully saturated rings. The zero-order valence-electron chi connectivity index (χ0n) is 8.53. The van der Waals surface area contributed by atoms with Crippen molar-refractivity contribution in [2.75, 3.05) is 7.11 Å². The fraction of sp³-hybridized carbons (Fsp3) is 0.0833. The second-order valence-corrected chi connectivity index (χ2v) is 4.09. The molecule has 0 spiro atoms. The summed E-state index contributed by atoms with van der Waals surface area (Å²) in [5.41, 5.74) is 0.160. The van der Waals surface area contributed by atoms with E-state index in [4.69, 9.17) is 9.84 Å². The van der Waals surface area contributed by atoms with Crippen LogP contribution in [0.15, 0.2) is 34.8 Å². The van der Waals surface area contributed by atoms with Crippen molar-refractivity contribution in [1.82, 2.24) is 0 Å². The van der Waals surface area contributed by atoms with Crippen LogP contribution >= 0.6 is 15.9 Å². The average molecular weight is 281 g/mol. The van der Waals surface area contributed by atoms with Gasteiger partial charge in [-0.05, 0) is 32.8 Å². The molecule has 0 amide bonds. The number of carbonyl (C=O) groups is 1. The molecule has 0 bridgehead atoms. The molecular formula is C12H9BrO3. The van der Waals surface area contributed by atoms with E-state index in [2.05, 4.69) is 15.9 Å². The minimum absolute atomic E-state index is 0.160.